The fraction of sp³-hybridized carbons (Fsp3) is 0.588. The molecule has 0 bridgehead atoms. The molecule has 1 atom stereocenters. The number of nitrogens with zero attached hydrogens (tertiary/aromatic N) is 2. The van der Waals surface area contributed by atoms with E-state index in [1.165, 1.54) is 6.07 Å². The van der Waals surface area contributed by atoms with Crippen molar-refractivity contribution in [2.45, 2.75) is 45.7 Å². The first-order valence-corrected chi connectivity index (χ1v) is 7.98. The quantitative estimate of drug-likeness (QED) is 0.908. The van der Waals surface area contributed by atoms with E-state index in [0.29, 0.717) is 11.4 Å². The monoisotopic (exact) mass is 307 g/mol. The Balaban J connectivity index is 2.04. The average Bonchev–Trinajstić information content (AvgIpc) is 3.00. The maximum Gasteiger partial charge on any atom is 0.244 e. The van der Waals surface area contributed by atoms with Crippen LogP contribution in [0.3, 0.4) is 0 Å². The molecule has 122 valence electrons. The second kappa shape index (κ2) is 6.99. The lowest BCUT2D eigenvalue weighted by Gasteiger charge is -2.25. The number of carbonyl (C=O) groups excluding carboxylic acids is 1. The molecule has 22 heavy (non-hydrogen) atoms. The molecule has 1 amide bonds. The molecule has 1 aromatic carbocycles. The van der Waals surface area contributed by atoms with Crippen molar-refractivity contribution < 1.29 is 9.18 Å². The van der Waals surface area contributed by atoms with Crippen LogP contribution in [-0.4, -0.2) is 43.0 Å². The van der Waals surface area contributed by atoms with Crippen molar-refractivity contribution in [3.8, 4) is 0 Å². The molecule has 0 radical (unpaired) electrons. The van der Waals surface area contributed by atoms with E-state index in [2.05, 4.69) is 5.32 Å². The first-order chi connectivity index (χ1) is 10.4. The van der Waals surface area contributed by atoms with Gasteiger partial charge < -0.3 is 15.1 Å². The first-order valence-electron chi connectivity index (χ1n) is 7.98. The van der Waals surface area contributed by atoms with E-state index in [1.807, 2.05) is 43.7 Å². The maximum absolute atomic E-state index is 14.2. The topological polar surface area (TPSA) is 35.6 Å². The molecular weight excluding hydrogens is 281 g/mol. The van der Waals surface area contributed by atoms with Gasteiger partial charge in [0.1, 0.15) is 11.9 Å². The minimum Gasteiger partial charge on any atom is -0.374 e. The van der Waals surface area contributed by atoms with Gasteiger partial charge in [-0.3, -0.25) is 4.79 Å². The molecule has 0 saturated carbocycles. The molecule has 1 aromatic rings. The van der Waals surface area contributed by atoms with Crippen molar-refractivity contribution >= 4 is 17.3 Å². The highest BCUT2D eigenvalue weighted by Gasteiger charge is 2.23. The lowest BCUT2D eigenvalue weighted by Crippen LogP contribution is -2.39. The van der Waals surface area contributed by atoms with Crippen LogP contribution in [0.1, 0.15) is 33.6 Å². The van der Waals surface area contributed by atoms with Crippen LogP contribution < -0.4 is 10.2 Å². The zero-order valence-electron chi connectivity index (χ0n) is 13.9. The molecule has 4 nitrogen and oxygen atoms in total. The molecule has 1 heterocycles. The number of likely N-dealkylation sites (tertiary alicyclic amines) is 1. The average molecular weight is 307 g/mol. The van der Waals surface area contributed by atoms with Gasteiger partial charge in [0.15, 0.2) is 0 Å². The number of anilines is 2. The van der Waals surface area contributed by atoms with Gasteiger partial charge >= 0.3 is 0 Å². The lowest BCUT2D eigenvalue weighted by molar-refractivity contribution is -0.130. The molecule has 1 saturated heterocycles. The van der Waals surface area contributed by atoms with Crippen molar-refractivity contribution in [2.24, 2.45) is 0 Å². The minimum absolute atomic E-state index is 0.0845. The van der Waals surface area contributed by atoms with E-state index < -0.39 is 0 Å². The van der Waals surface area contributed by atoms with Gasteiger partial charge in [0.25, 0.3) is 0 Å². The lowest BCUT2D eigenvalue weighted by atomic mass is 10.2. The summed E-state index contributed by atoms with van der Waals surface area (Å²) in [5.41, 5.74) is 1.21. The Morgan fingerprint density at radius 1 is 1.27 bits per heavy atom. The van der Waals surface area contributed by atoms with Crippen molar-refractivity contribution in [3.05, 3.63) is 24.0 Å². The van der Waals surface area contributed by atoms with Crippen molar-refractivity contribution in [1.82, 2.24) is 4.90 Å². The van der Waals surface area contributed by atoms with Crippen LogP contribution in [0, 0.1) is 5.82 Å². The molecule has 0 aromatic heterocycles. The van der Waals surface area contributed by atoms with Gasteiger partial charge in [-0.1, -0.05) is 0 Å². The van der Waals surface area contributed by atoms with Crippen molar-refractivity contribution in [2.75, 3.05) is 30.4 Å². The van der Waals surface area contributed by atoms with Crippen LogP contribution in [-0.2, 0) is 4.79 Å². The number of halogens is 1. The Morgan fingerprint density at radius 3 is 2.45 bits per heavy atom. The van der Waals surface area contributed by atoms with E-state index in [-0.39, 0.29) is 23.8 Å². The summed E-state index contributed by atoms with van der Waals surface area (Å²) in [6.07, 6.45) is 2.15. The standard InChI is InChI=1S/C17H26FN3O/c1-12(2)20(4)16-8-7-14(11-15(16)18)19-13(3)17(22)21-9-5-6-10-21/h7-8,11-13,19H,5-6,9-10H2,1-4H3/t13-/m1/s1. The zero-order valence-corrected chi connectivity index (χ0v) is 13.9. The summed E-state index contributed by atoms with van der Waals surface area (Å²) in [4.78, 5) is 16.0. The third-order valence-electron chi connectivity index (χ3n) is 4.27. The Bertz CT molecular complexity index is 527. The maximum atomic E-state index is 14.2. The highest BCUT2D eigenvalue weighted by atomic mass is 19.1. The second-order valence-corrected chi connectivity index (χ2v) is 6.27. The summed E-state index contributed by atoms with van der Waals surface area (Å²) in [5.74, 6) is -0.191. The normalized spacial score (nSPS) is 16.0. The molecular formula is C17H26FN3O. The van der Waals surface area contributed by atoms with E-state index in [9.17, 15) is 9.18 Å². The van der Waals surface area contributed by atoms with E-state index in [0.717, 1.165) is 25.9 Å². The third kappa shape index (κ3) is 3.70. The van der Waals surface area contributed by atoms with Crippen molar-refractivity contribution in [1.29, 1.82) is 0 Å². The van der Waals surface area contributed by atoms with Gasteiger partial charge in [-0.15, -0.1) is 0 Å². The van der Waals surface area contributed by atoms with Crippen LogP contribution in [0.5, 0.6) is 0 Å². The molecule has 2 rings (SSSR count). The fourth-order valence-corrected chi connectivity index (χ4v) is 2.68. The van der Waals surface area contributed by atoms with Gasteiger partial charge in [-0.05, 0) is 51.8 Å². The summed E-state index contributed by atoms with van der Waals surface area (Å²) >= 11 is 0. The number of carbonyl (C=O) groups is 1. The summed E-state index contributed by atoms with van der Waals surface area (Å²) in [6, 6.07) is 4.92. The first kappa shape index (κ1) is 16.6. The summed E-state index contributed by atoms with van der Waals surface area (Å²) in [7, 11) is 1.87. The Labute approximate surface area is 132 Å². The number of nitrogens with one attached hydrogen (secondary N) is 1. The number of hydrogen-bond acceptors (Lipinski definition) is 3. The predicted molar refractivity (Wildman–Crippen MR) is 88.8 cm³/mol. The van der Waals surface area contributed by atoms with Crippen LogP contribution in [0.4, 0.5) is 15.8 Å². The number of amides is 1. The Hall–Kier alpha value is -1.78. The molecule has 5 heteroatoms. The van der Waals surface area contributed by atoms with Gasteiger partial charge in [-0.25, -0.2) is 4.39 Å². The molecule has 1 aliphatic heterocycles. The molecule has 0 unspecified atom stereocenters. The molecule has 1 N–H and O–H groups in total. The number of rotatable bonds is 5. The summed E-state index contributed by atoms with van der Waals surface area (Å²) < 4.78 is 14.2. The molecule has 1 aliphatic rings. The third-order valence-corrected chi connectivity index (χ3v) is 4.27. The number of benzene rings is 1. The summed E-state index contributed by atoms with van der Waals surface area (Å²) in [6.45, 7) is 7.52. The van der Waals surface area contributed by atoms with Gasteiger partial charge in [0.05, 0.1) is 5.69 Å². The van der Waals surface area contributed by atoms with Crippen LogP contribution in [0.25, 0.3) is 0 Å². The highest BCUT2D eigenvalue weighted by Crippen LogP contribution is 2.24. The van der Waals surface area contributed by atoms with Gasteiger partial charge in [0, 0.05) is 31.9 Å². The minimum atomic E-state index is -0.342. The highest BCUT2D eigenvalue weighted by molar-refractivity contribution is 5.84. The fourth-order valence-electron chi connectivity index (χ4n) is 2.68. The Morgan fingerprint density at radius 2 is 1.91 bits per heavy atom. The smallest absolute Gasteiger partial charge is 0.244 e. The van der Waals surface area contributed by atoms with Crippen LogP contribution >= 0.6 is 0 Å². The van der Waals surface area contributed by atoms with E-state index >= 15 is 0 Å². The largest absolute Gasteiger partial charge is 0.374 e. The van der Waals surface area contributed by atoms with Gasteiger partial charge in [0.2, 0.25) is 5.91 Å². The molecule has 1 fully saturated rings. The SMILES string of the molecule is CC(C)N(C)c1ccc(N[C@H](C)C(=O)N2CCCC2)cc1F. The van der Waals surface area contributed by atoms with Gasteiger partial charge in [-0.2, -0.15) is 0 Å². The van der Waals surface area contributed by atoms with E-state index in [1.54, 1.807) is 6.07 Å². The Kier molecular flexibility index (Phi) is 5.27. The zero-order chi connectivity index (χ0) is 16.3. The van der Waals surface area contributed by atoms with Crippen LogP contribution in [0.15, 0.2) is 18.2 Å². The van der Waals surface area contributed by atoms with E-state index in [4.69, 9.17) is 0 Å². The number of hydrogen-bond donors (Lipinski definition) is 1. The predicted octanol–water partition coefficient (Wildman–Crippen LogP) is 3.09. The van der Waals surface area contributed by atoms with Crippen LogP contribution in [0.2, 0.25) is 0 Å². The van der Waals surface area contributed by atoms with Crippen molar-refractivity contribution in [3.63, 3.8) is 0 Å². The molecule has 0 aliphatic carbocycles. The summed E-state index contributed by atoms with van der Waals surface area (Å²) in [5, 5.41) is 3.11. The second-order valence-electron chi connectivity index (χ2n) is 6.27. The molecule has 0 spiro atoms.